The monoisotopic (exact) mass is 359 g/mol. The van der Waals surface area contributed by atoms with Gasteiger partial charge < -0.3 is 4.90 Å². The molecule has 0 saturated heterocycles. The molecule has 0 spiro atoms. The van der Waals surface area contributed by atoms with Crippen LogP contribution in [0.4, 0.5) is 0 Å². The average molecular weight is 359 g/mol. The van der Waals surface area contributed by atoms with E-state index in [1.165, 1.54) is 35.6 Å². The largest absolute Gasteiger partial charge is 0.342 e. The Kier molecular flexibility index (Phi) is 5.47. The SMILES string of the molecule is C[C@@H](Sc1nc2ccccc2c(=O)n1C)C(=O)N(C)C1CCCCC1. The molecule has 25 heavy (non-hydrogen) atoms. The van der Waals surface area contributed by atoms with E-state index in [9.17, 15) is 9.59 Å². The third-order valence-corrected chi connectivity index (χ3v) is 6.17. The molecule has 1 heterocycles. The molecule has 134 valence electrons. The van der Waals surface area contributed by atoms with Crippen molar-refractivity contribution in [2.45, 2.75) is 55.5 Å². The molecule has 1 aromatic carbocycles. The zero-order chi connectivity index (χ0) is 18.0. The summed E-state index contributed by atoms with van der Waals surface area (Å²) in [5.41, 5.74) is 0.599. The topological polar surface area (TPSA) is 55.2 Å². The van der Waals surface area contributed by atoms with Crippen LogP contribution in [0.15, 0.2) is 34.2 Å². The fraction of sp³-hybridized carbons (Fsp3) is 0.526. The highest BCUT2D eigenvalue weighted by Gasteiger charge is 2.27. The number of benzene rings is 1. The van der Waals surface area contributed by atoms with Crippen molar-refractivity contribution in [3.05, 3.63) is 34.6 Å². The van der Waals surface area contributed by atoms with Crippen molar-refractivity contribution < 1.29 is 4.79 Å². The second kappa shape index (κ2) is 7.60. The third kappa shape index (κ3) is 3.73. The Morgan fingerprint density at radius 2 is 1.96 bits per heavy atom. The van der Waals surface area contributed by atoms with E-state index in [1.54, 1.807) is 13.1 Å². The first kappa shape index (κ1) is 18.0. The minimum atomic E-state index is -0.272. The molecule has 0 bridgehead atoms. The highest BCUT2D eigenvalue weighted by atomic mass is 32.2. The van der Waals surface area contributed by atoms with Crippen molar-refractivity contribution in [1.82, 2.24) is 14.5 Å². The van der Waals surface area contributed by atoms with E-state index in [0.29, 0.717) is 22.1 Å². The molecular weight excluding hydrogens is 334 g/mol. The van der Waals surface area contributed by atoms with Gasteiger partial charge in [0.1, 0.15) is 0 Å². The van der Waals surface area contributed by atoms with Crippen LogP contribution < -0.4 is 5.56 Å². The van der Waals surface area contributed by atoms with Gasteiger partial charge in [0, 0.05) is 20.1 Å². The van der Waals surface area contributed by atoms with Gasteiger partial charge in [0.25, 0.3) is 5.56 Å². The normalized spacial score (nSPS) is 16.8. The summed E-state index contributed by atoms with van der Waals surface area (Å²) in [7, 11) is 3.62. The van der Waals surface area contributed by atoms with Crippen LogP contribution in [-0.4, -0.2) is 38.7 Å². The van der Waals surface area contributed by atoms with Crippen LogP contribution in [0.5, 0.6) is 0 Å². The summed E-state index contributed by atoms with van der Waals surface area (Å²) in [4.78, 5) is 31.8. The summed E-state index contributed by atoms with van der Waals surface area (Å²) in [5.74, 6) is 0.110. The summed E-state index contributed by atoms with van der Waals surface area (Å²) < 4.78 is 1.54. The number of hydrogen-bond acceptors (Lipinski definition) is 4. The molecule has 0 radical (unpaired) electrons. The highest BCUT2D eigenvalue weighted by Crippen LogP contribution is 2.26. The molecule has 5 nitrogen and oxygen atoms in total. The lowest BCUT2D eigenvalue weighted by Crippen LogP contribution is -2.42. The maximum Gasteiger partial charge on any atom is 0.261 e. The number of carbonyl (C=O) groups is 1. The molecule has 0 N–H and O–H groups in total. The summed E-state index contributed by atoms with van der Waals surface area (Å²) in [6.07, 6.45) is 5.85. The first-order chi connectivity index (χ1) is 12.0. The minimum absolute atomic E-state index is 0.0756. The second-order valence-electron chi connectivity index (χ2n) is 6.78. The van der Waals surface area contributed by atoms with Crippen LogP contribution in [0, 0.1) is 0 Å². The lowest BCUT2D eigenvalue weighted by Gasteiger charge is -2.32. The van der Waals surface area contributed by atoms with Crippen molar-refractivity contribution >= 4 is 28.6 Å². The quantitative estimate of drug-likeness (QED) is 0.621. The van der Waals surface area contributed by atoms with Crippen LogP contribution in [0.1, 0.15) is 39.0 Å². The zero-order valence-electron chi connectivity index (χ0n) is 15.1. The fourth-order valence-electron chi connectivity index (χ4n) is 3.45. The molecule has 1 saturated carbocycles. The molecule has 3 rings (SSSR count). The summed E-state index contributed by atoms with van der Waals surface area (Å²) in [6.45, 7) is 1.90. The van der Waals surface area contributed by atoms with Crippen molar-refractivity contribution in [2.24, 2.45) is 7.05 Å². The van der Waals surface area contributed by atoms with Gasteiger partial charge in [-0.3, -0.25) is 14.2 Å². The van der Waals surface area contributed by atoms with E-state index in [1.807, 2.05) is 37.1 Å². The number of aromatic nitrogens is 2. The number of para-hydroxylation sites is 1. The van der Waals surface area contributed by atoms with Gasteiger partial charge in [0.2, 0.25) is 5.91 Å². The molecule has 1 atom stereocenters. The number of hydrogen-bond donors (Lipinski definition) is 0. The Morgan fingerprint density at radius 3 is 2.68 bits per heavy atom. The summed E-state index contributed by atoms with van der Waals surface area (Å²) in [5, 5.41) is 0.917. The van der Waals surface area contributed by atoms with Crippen LogP contribution in [0.2, 0.25) is 0 Å². The van der Waals surface area contributed by atoms with Gasteiger partial charge in [-0.1, -0.05) is 43.2 Å². The second-order valence-corrected chi connectivity index (χ2v) is 8.08. The number of rotatable bonds is 4. The average Bonchev–Trinajstić information content (AvgIpc) is 2.65. The lowest BCUT2D eigenvalue weighted by atomic mass is 9.94. The molecule has 1 aliphatic rings. The molecule has 0 aliphatic heterocycles. The minimum Gasteiger partial charge on any atom is -0.342 e. The van der Waals surface area contributed by atoms with Crippen molar-refractivity contribution in [2.75, 3.05) is 7.05 Å². The molecule has 1 aliphatic carbocycles. The Bertz CT molecular complexity index is 827. The molecule has 6 heteroatoms. The number of amides is 1. The smallest absolute Gasteiger partial charge is 0.261 e. The Hall–Kier alpha value is -1.82. The van der Waals surface area contributed by atoms with E-state index in [-0.39, 0.29) is 16.7 Å². The lowest BCUT2D eigenvalue weighted by molar-refractivity contribution is -0.131. The molecule has 1 amide bonds. The van der Waals surface area contributed by atoms with Gasteiger partial charge in [0.15, 0.2) is 5.16 Å². The molecule has 0 unspecified atom stereocenters. The van der Waals surface area contributed by atoms with E-state index in [0.717, 1.165) is 12.8 Å². The van der Waals surface area contributed by atoms with Crippen LogP contribution in [0.3, 0.4) is 0 Å². The first-order valence-corrected chi connectivity index (χ1v) is 9.76. The van der Waals surface area contributed by atoms with Crippen molar-refractivity contribution in [1.29, 1.82) is 0 Å². The number of fused-ring (bicyclic) bond motifs is 1. The predicted octanol–water partition coefficient (Wildman–Crippen LogP) is 3.21. The Balaban J connectivity index is 1.79. The molecule has 2 aromatic rings. The predicted molar refractivity (Wildman–Crippen MR) is 102 cm³/mol. The van der Waals surface area contributed by atoms with E-state index < -0.39 is 0 Å². The molecule has 1 fully saturated rings. The Labute approximate surface area is 152 Å². The number of thioether (sulfide) groups is 1. The number of nitrogens with zero attached hydrogens (tertiary/aromatic N) is 3. The van der Waals surface area contributed by atoms with Crippen molar-refractivity contribution in [3.8, 4) is 0 Å². The van der Waals surface area contributed by atoms with Gasteiger partial charge in [0.05, 0.1) is 16.2 Å². The van der Waals surface area contributed by atoms with Gasteiger partial charge in [-0.25, -0.2) is 4.98 Å². The third-order valence-electron chi connectivity index (χ3n) is 5.04. The fourth-order valence-corrected chi connectivity index (χ4v) is 4.42. The van der Waals surface area contributed by atoms with Crippen LogP contribution in [-0.2, 0) is 11.8 Å². The van der Waals surface area contributed by atoms with E-state index in [4.69, 9.17) is 0 Å². The van der Waals surface area contributed by atoms with E-state index in [2.05, 4.69) is 4.98 Å². The standard InChI is InChI=1S/C19H25N3O2S/c1-13(17(23)21(2)14-9-5-4-6-10-14)25-19-20-16-12-8-7-11-15(16)18(24)22(19)3/h7-8,11-14H,4-6,9-10H2,1-3H3/t13-/m1/s1. The zero-order valence-corrected chi connectivity index (χ0v) is 15.9. The van der Waals surface area contributed by atoms with Gasteiger partial charge in [-0.2, -0.15) is 0 Å². The van der Waals surface area contributed by atoms with E-state index >= 15 is 0 Å². The van der Waals surface area contributed by atoms with Gasteiger partial charge in [-0.15, -0.1) is 0 Å². The molecular formula is C19H25N3O2S. The summed E-state index contributed by atoms with van der Waals surface area (Å²) in [6, 6.07) is 7.67. The number of carbonyl (C=O) groups excluding carboxylic acids is 1. The van der Waals surface area contributed by atoms with Gasteiger partial charge in [-0.05, 0) is 31.9 Å². The maximum absolute atomic E-state index is 12.8. The first-order valence-electron chi connectivity index (χ1n) is 8.88. The van der Waals surface area contributed by atoms with Crippen LogP contribution in [0.25, 0.3) is 10.9 Å². The highest BCUT2D eigenvalue weighted by molar-refractivity contribution is 8.00. The Morgan fingerprint density at radius 1 is 1.28 bits per heavy atom. The van der Waals surface area contributed by atoms with Gasteiger partial charge >= 0.3 is 0 Å². The van der Waals surface area contributed by atoms with Crippen molar-refractivity contribution in [3.63, 3.8) is 0 Å². The maximum atomic E-state index is 12.8. The molecule has 1 aromatic heterocycles. The summed E-state index contributed by atoms with van der Waals surface area (Å²) >= 11 is 1.36. The van der Waals surface area contributed by atoms with Crippen LogP contribution >= 0.6 is 11.8 Å².